The lowest BCUT2D eigenvalue weighted by atomic mass is 10.2. The number of rotatable bonds is 3. The largest absolute Gasteiger partial charge is 0.497 e. The van der Waals surface area contributed by atoms with E-state index in [1.807, 2.05) is 25.1 Å². The number of benzene rings is 1. The zero-order valence-corrected chi connectivity index (χ0v) is 9.40. The highest BCUT2D eigenvalue weighted by Crippen LogP contribution is 2.21. The summed E-state index contributed by atoms with van der Waals surface area (Å²) in [6, 6.07) is 5.70. The minimum absolute atomic E-state index is 0.0705. The van der Waals surface area contributed by atoms with Crippen molar-refractivity contribution in [3.8, 4) is 5.75 Å². The molecule has 2 rings (SSSR count). The van der Waals surface area contributed by atoms with Crippen LogP contribution in [0, 0.1) is 6.92 Å². The maximum Gasteiger partial charge on any atom is 0.131 e. The summed E-state index contributed by atoms with van der Waals surface area (Å²) in [4.78, 5) is 8.71. The molecule has 1 N–H and O–H groups in total. The van der Waals surface area contributed by atoms with Crippen molar-refractivity contribution in [3.05, 3.63) is 29.7 Å². The summed E-state index contributed by atoms with van der Waals surface area (Å²) in [6.07, 6.45) is 0.489. The maximum absolute atomic E-state index is 8.86. The SMILES string of the molecule is COc1ccc2nc(CCO)nc(C)c2c1. The van der Waals surface area contributed by atoms with Gasteiger partial charge in [0.15, 0.2) is 0 Å². The van der Waals surface area contributed by atoms with Crippen LogP contribution in [0.4, 0.5) is 0 Å². The molecule has 0 saturated carbocycles. The van der Waals surface area contributed by atoms with Crippen molar-refractivity contribution < 1.29 is 9.84 Å². The summed E-state index contributed by atoms with van der Waals surface area (Å²) in [6.45, 7) is 2.01. The van der Waals surface area contributed by atoms with Crippen molar-refractivity contribution >= 4 is 10.9 Å². The molecule has 2 aromatic rings. The van der Waals surface area contributed by atoms with E-state index >= 15 is 0 Å². The van der Waals surface area contributed by atoms with E-state index in [-0.39, 0.29) is 6.61 Å². The highest BCUT2D eigenvalue weighted by molar-refractivity contribution is 5.82. The third-order valence-corrected chi connectivity index (χ3v) is 2.48. The lowest BCUT2D eigenvalue weighted by molar-refractivity contribution is 0.296. The van der Waals surface area contributed by atoms with Gasteiger partial charge in [-0.05, 0) is 25.1 Å². The van der Waals surface area contributed by atoms with Crippen LogP contribution in [0.2, 0.25) is 0 Å². The van der Waals surface area contributed by atoms with Gasteiger partial charge in [0, 0.05) is 17.5 Å². The molecule has 0 fully saturated rings. The average molecular weight is 218 g/mol. The lowest BCUT2D eigenvalue weighted by Crippen LogP contribution is -2.01. The number of hydrogen-bond acceptors (Lipinski definition) is 4. The van der Waals surface area contributed by atoms with E-state index in [1.54, 1.807) is 7.11 Å². The first kappa shape index (κ1) is 10.8. The van der Waals surface area contributed by atoms with E-state index in [1.165, 1.54) is 0 Å². The molecule has 0 aliphatic heterocycles. The molecular weight excluding hydrogens is 204 g/mol. The van der Waals surface area contributed by atoms with Gasteiger partial charge in [-0.1, -0.05) is 0 Å². The van der Waals surface area contributed by atoms with Gasteiger partial charge in [0.2, 0.25) is 0 Å². The minimum atomic E-state index is 0.0705. The van der Waals surface area contributed by atoms with Crippen LogP contribution in [0.3, 0.4) is 0 Å². The normalized spacial score (nSPS) is 10.7. The predicted molar refractivity (Wildman–Crippen MR) is 61.6 cm³/mol. The summed E-state index contributed by atoms with van der Waals surface area (Å²) < 4.78 is 5.16. The van der Waals surface area contributed by atoms with Crippen LogP contribution in [-0.2, 0) is 6.42 Å². The van der Waals surface area contributed by atoms with Crippen molar-refractivity contribution in [1.29, 1.82) is 0 Å². The second kappa shape index (κ2) is 4.45. The van der Waals surface area contributed by atoms with E-state index in [2.05, 4.69) is 9.97 Å². The summed E-state index contributed by atoms with van der Waals surface area (Å²) in [7, 11) is 1.64. The van der Waals surface area contributed by atoms with Crippen molar-refractivity contribution in [3.63, 3.8) is 0 Å². The first-order valence-corrected chi connectivity index (χ1v) is 5.16. The Balaban J connectivity index is 2.57. The monoisotopic (exact) mass is 218 g/mol. The molecule has 16 heavy (non-hydrogen) atoms. The number of aliphatic hydroxyl groups excluding tert-OH is 1. The molecule has 0 radical (unpaired) electrons. The summed E-state index contributed by atoms with van der Waals surface area (Å²) in [5.41, 5.74) is 1.80. The highest BCUT2D eigenvalue weighted by atomic mass is 16.5. The van der Waals surface area contributed by atoms with Crippen molar-refractivity contribution in [1.82, 2.24) is 9.97 Å². The number of methoxy groups -OCH3 is 1. The number of aromatic nitrogens is 2. The zero-order valence-electron chi connectivity index (χ0n) is 9.40. The van der Waals surface area contributed by atoms with Gasteiger partial charge in [0.25, 0.3) is 0 Å². The molecule has 1 aromatic heterocycles. The average Bonchev–Trinajstić information content (AvgIpc) is 2.29. The Hall–Kier alpha value is -1.68. The fourth-order valence-corrected chi connectivity index (χ4v) is 1.66. The summed E-state index contributed by atoms with van der Waals surface area (Å²) >= 11 is 0. The predicted octanol–water partition coefficient (Wildman–Crippen LogP) is 1.48. The second-order valence-corrected chi connectivity index (χ2v) is 3.58. The second-order valence-electron chi connectivity index (χ2n) is 3.58. The van der Waals surface area contributed by atoms with Crippen molar-refractivity contribution in [2.75, 3.05) is 13.7 Å². The quantitative estimate of drug-likeness (QED) is 0.847. The Morgan fingerprint density at radius 3 is 2.81 bits per heavy atom. The third kappa shape index (κ3) is 1.97. The Morgan fingerprint density at radius 1 is 1.31 bits per heavy atom. The molecule has 0 unspecified atom stereocenters. The summed E-state index contributed by atoms with van der Waals surface area (Å²) in [5, 5.41) is 9.85. The molecule has 0 bridgehead atoms. The molecular formula is C12H14N2O2. The first-order valence-electron chi connectivity index (χ1n) is 5.16. The minimum Gasteiger partial charge on any atom is -0.497 e. The molecule has 0 saturated heterocycles. The molecule has 84 valence electrons. The van der Waals surface area contributed by atoms with Gasteiger partial charge in [-0.3, -0.25) is 0 Å². The van der Waals surface area contributed by atoms with Crippen LogP contribution >= 0.6 is 0 Å². The van der Waals surface area contributed by atoms with Gasteiger partial charge >= 0.3 is 0 Å². The fraction of sp³-hybridized carbons (Fsp3) is 0.333. The number of aryl methyl sites for hydroxylation is 1. The van der Waals surface area contributed by atoms with Crippen LogP contribution < -0.4 is 4.74 Å². The van der Waals surface area contributed by atoms with Crippen LogP contribution in [-0.4, -0.2) is 28.8 Å². The fourth-order valence-electron chi connectivity index (χ4n) is 1.66. The van der Waals surface area contributed by atoms with E-state index in [0.29, 0.717) is 12.2 Å². The van der Waals surface area contributed by atoms with Crippen molar-refractivity contribution in [2.45, 2.75) is 13.3 Å². The molecule has 4 heteroatoms. The van der Waals surface area contributed by atoms with Gasteiger partial charge in [-0.15, -0.1) is 0 Å². The number of ether oxygens (including phenoxy) is 1. The number of hydrogen-bond donors (Lipinski definition) is 1. The van der Waals surface area contributed by atoms with Gasteiger partial charge in [-0.2, -0.15) is 0 Å². The smallest absolute Gasteiger partial charge is 0.131 e. The van der Waals surface area contributed by atoms with Gasteiger partial charge in [-0.25, -0.2) is 9.97 Å². The molecule has 0 spiro atoms. The molecule has 4 nitrogen and oxygen atoms in total. The Bertz CT molecular complexity index is 512. The maximum atomic E-state index is 8.86. The van der Waals surface area contributed by atoms with E-state index < -0.39 is 0 Å². The van der Waals surface area contributed by atoms with E-state index in [0.717, 1.165) is 22.3 Å². The summed E-state index contributed by atoms with van der Waals surface area (Å²) in [5.74, 6) is 1.48. The van der Waals surface area contributed by atoms with Crippen LogP contribution in [0.25, 0.3) is 10.9 Å². The molecule has 0 aliphatic rings. The molecule has 0 aliphatic carbocycles. The number of aliphatic hydroxyl groups is 1. The van der Waals surface area contributed by atoms with Gasteiger partial charge in [0.05, 0.1) is 19.2 Å². The van der Waals surface area contributed by atoms with Gasteiger partial charge < -0.3 is 9.84 Å². The Labute approximate surface area is 93.9 Å². The topological polar surface area (TPSA) is 55.2 Å². The van der Waals surface area contributed by atoms with E-state index in [9.17, 15) is 0 Å². The highest BCUT2D eigenvalue weighted by Gasteiger charge is 2.05. The van der Waals surface area contributed by atoms with Gasteiger partial charge in [0.1, 0.15) is 11.6 Å². The molecule has 0 atom stereocenters. The van der Waals surface area contributed by atoms with Crippen LogP contribution in [0.5, 0.6) is 5.75 Å². The molecule has 1 aromatic carbocycles. The van der Waals surface area contributed by atoms with E-state index in [4.69, 9.17) is 9.84 Å². The molecule has 1 heterocycles. The molecule has 0 amide bonds. The third-order valence-electron chi connectivity index (χ3n) is 2.48. The number of nitrogens with zero attached hydrogens (tertiary/aromatic N) is 2. The lowest BCUT2D eigenvalue weighted by Gasteiger charge is -2.06. The van der Waals surface area contributed by atoms with Crippen LogP contribution in [0.15, 0.2) is 18.2 Å². The zero-order chi connectivity index (χ0) is 11.5. The van der Waals surface area contributed by atoms with Crippen LogP contribution in [0.1, 0.15) is 11.5 Å². The van der Waals surface area contributed by atoms with Crippen molar-refractivity contribution in [2.24, 2.45) is 0 Å². The first-order chi connectivity index (χ1) is 7.74. The number of fused-ring (bicyclic) bond motifs is 1. The Morgan fingerprint density at radius 2 is 2.12 bits per heavy atom. The Kier molecular flexibility index (Phi) is 3.01. The standard InChI is InChI=1S/C12H14N2O2/c1-8-10-7-9(16-2)3-4-11(10)14-12(13-8)5-6-15/h3-4,7,15H,5-6H2,1-2H3.